The number of amides is 2. The smallest absolute Gasteiger partial charge is 0.243 e. The number of hydrazine groups is 1. The number of nitrogens with one attached hydrogen (secondary N) is 2. The number of carbonyl (C=O) groups is 2. The minimum absolute atomic E-state index is 0.0601. The second-order valence-corrected chi connectivity index (χ2v) is 6.44. The van der Waals surface area contributed by atoms with E-state index in [1.165, 1.54) is 0 Å². The van der Waals surface area contributed by atoms with Crippen molar-refractivity contribution in [2.45, 2.75) is 39.0 Å². The molecular weight excluding hydrogens is 360 g/mol. The summed E-state index contributed by atoms with van der Waals surface area (Å²) in [7, 11) is 0. The number of pyridine rings is 1. The molecule has 0 aliphatic heterocycles. The summed E-state index contributed by atoms with van der Waals surface area (Å²) in [6.07, 6.45) is 5.99. The summed E-state index contributed by atoms with van der Waals surface area (Å²) in [6.45, 7) is 2.01. The molecule has 2 aromatic heterocycles. The van der Waals surface area contributed by atoms with Gasteiger partial charge in [-0.3, -0.25) is 30.6 Å². The third kappa shape index (κ3) is 7.28. The Morgan fingerprint density at radius 2 is 2.07 bits per heavy atom. The number of hydrogen-bond acceptors (Lipinski definition) is 7. The van der Waals surface area contributed by atoms with E-state index in [4.69, 9.17) is 0 Å². The Bertz CT molecular complexity index is 726. The maximum absolute atomic E-state index is 12.4. The Morgan fingerprint density at radius 3 is 2.71 bits per heavy atom. The van der Waals surface area contributed by atoms with Gasteiger partial charge in [-0.1, -0.05) is 32.3 Å². The average molecular weight is 386 g/mol. The van der Waals surface area contributed by atoms with Crippen LogP contribution in [0.25, 0.3) is 0 Å². The second kappa shape index (κ2) is 11.6. The molecule has 0 saturated carbocycles. The fourth-order valence-electron chi connectivity index (χ4n) is 2.65. The second-order valence-electron chi connectivity index (χ2n) is 6.44. The van der Waals surface area contributed by atoms with Gasteiger partial charge in [0.1, 0.15) is 0 Å². The first-order valence-corrected chi connectivity index (χ1v) is 9.31. The number of nitrogens with zero attached hydrogens (tertiary/aromatic N) is 4. The molecule has 0 aromatic carbocycles. The molecule has 2 amide bonds. The Labute approximate surface area is 164 Å². The van der Waals surface area contributed by atoms with Gasteiger partial charge in [0.05, 0.1) is 18.2 Å². The highest BCUT2D eigenvalue weighted by Crippen LogP contribution is 2.12. The van der Waals surface area contributed by atoms with Crippen molar-refractivity contribution in [1.29, 1.82) is 0 Å². The van der Waals surface area contributed by atoms with Crippen LogP contribution in [0.3, 0.4) is 0 Å². The Morgan fingerprint density at radius 1 is 1.21 bits per heavy atom. The monoisotopic (exact) mass is 386 g/mol. The Kier molecular flexibility index (Phi) is 8.80. The van der Waals surface area contributed by atoms with E-state index in [1.807, 2.05) is 18.2 Å². The van der Waals surface area contributed by atoms with Crippen LogP contribution in [0.4, 0.5) is 5.82 Å². The van der Waals surface area contributed by atoms with E-state index in [2.05, 4.69) is 33.0 Å². The molecule has 1 atom stereocenters. The van der Waals surface area contributed by atoms with Gasteiger partial charge in [-0.25, -0.2) is 5.06 Å². The number of anilines is 1. The SMILES string of the molecule is CCCCC[C@@H](CN(O)C=O)C(=O)NNc1ccc(Cc2ccccn2)nn1. The molecule has 2 aromatic rings. The van der Waals surface area contributed by atoms with Crippen molar-refractivity contribution in [2.75, 3.05) is 12.0 Å². The third-order valence-electron chi connectivity index (χ3n) is 4.18. The van der Waals surface area contributed by atoms with E-state index in [1.54, 1.807) is 18.3 Å². The van der Waals surface area contributed by atoms with Crippen LogP contribution in [0.1, 0.15) is 44.0 Å². The summed E-state index contributed by atoms with van der Waals surface area (Å²) in [5.41, 5.74) is 6.94. The van der Waals surface area contributed by atoms with Crippen LogP contribution in [0, 0.1) is 5.92 Å². The maximum atomic E-state index is 12.4. The zero-order chi connectivity index (χ0) is 20.2. The van der Waals surface area contributed by atoms with E-state index in [0.29, 0.717) is 30.1 Å². The summed E-state index contributed by atoms with van der Waals surface area (Å²) < 4.78 is 0. The maximum Gasteiger partial charge on any atom is 0.243 e. The molecule has 3 N–H and O–H groups in total. The molecule has 150 valence electrons. The number of aromatic nitrogens is 3. The normalized spacial score (nSPS) is 11.5. The van der Waals surface area contributed by atoms with Gasteiger partial charge >= 0.3 is 0 Å². The Hall–Kier alpha value is -3.07. The summed E-state index contributed by atoms with van der Waals surface area (Å²) >= 11 is 0. The fraction of sp³-hybridized carbons (Fsp3) is 0.421. The fourth-order valence-corrected chi connectivity index (χ4v) is 2.65. The molecule has 0 unspecified atom stereocenters. The third-order valence-corrected chi connectivity index (χ3v) is 4.18. The van der Waals surface area contributed by atoms with Crippen molar-refractivity contribution >= 4 is 18.1 Å². The van der Waals surface area contributed by atoms with Gasteiger partial charge in [0.2, 0.25) is 12.3 Å². The summed E-state index contributed by atoms with van der Waals surface area (Å²) in [4.78, 5) is 27.3. The molecule has 9 heteroatoms. The van der Waals surface area contributed by atoms with Gasteiger partial charge in [-0.15, -0.1) is 5.10 Å². The predicted octanol–water partition coefficient (Wildman–Crippen LogP) is 1.95. The predicted molar refractivity (Wildman–Crippen MR) is 103 cm³/mol. The number of hydrogen-bond donors (Lipinski definition) is 3. The van der Waals surface area contributed by atoms with Gasteiger partial charge in [-0.05, 0) is 30.7 Å². The molecule has 28 heavy (non-hydrogen) atoms. The molecule has 0 fully saturated rings. The molecule has 9 nitrogen and oxygen atoms in total. The highest BCUT2D eigenvalue weighted by molar-refractivity contribution is 5.80. The molecule has 0 radical (unpaired) electrons. The lowest BCUT2D eigenvalue weighted by Crippen LogP contribution is -2.40. The van der Waals surface area contributed by atoms with E-state index < -0.39 is 5.92 Å². The number of rotatable bonds is 12. The first-order valence-electron chi connectivity index (χ1n) is 9.31. The average Bonchev–Trinajstić information content (AvgIpc) is 2.73. The largest absolute Gasteiger partial charge is 0.286 e. The first kappa shape index (κ1) is 21.2. The quantitative estimate of drug-likeness (QED) is 0.221. The van der Waals surface area contributed by atoms with Crippen LogP contribution in [-0.2, 0) is 16.0 Å². The van der Waals surface area contributed by atoms with Crippen molar-refractivity contribution < 1.29 is 14.8 Å². The Balaban J connectivity index is 1.87. The molecule has 2 rings (SSSR count). The lowest BCUT2D eigenvalue weighted by Gasteiger charge is -2.19. The minimum atomic E-state index is -0.523. The molecule has 0 spiro atoms. The van der Waals surface area contributed by atoms with Gasteiger partial charge < -0.3 is 0 Å². The molecule has 0 aliphatic rings. The minimum Gasteiger partial charge on any atom is -0.286 e. The molecule has 0 aliphatic carbocycles. The van der Waals surface area contributed by atoms with Crippen molar-refractivity contribution in [3.63, 3.8) is 0 Å². The van der Waals surface area contributed by atoms with Crippen molar-refractivity contribution in [3.05, 3.63) is 47.9 Å². The molecular formula is C19H26N6O3. The lowest BCUT2D eigenvalue weighted by atomic mass is 10.0. The number of carbonyl (C=O) groups excluding carboxylic acids is 2. The summed E-state index contributed by atoms with van der Waals surface area (Å²) in [5, 5.41) is 18.1. The molecule has 0 saturated heterocycles. The number of hydroxylamine groups is 2. The van der Waals surface area contributed by atoms with Crippen LogP contribution in [0.5, 0.6) is 0 Å². The zero-order valence-corrected chi connectivity index (χ0v) is 15.9. The van der Waals surface area contributed by atoms with E-state index in [-0.39, 0.29) is 12.5 Å². The van der Waals surface area contributed by atoms with Gasteiger partial charge in [0.25, 0.3) is 0 Å². The van der Waals surface area contributed by atoms with Crippen molar-refractivity contribution in [2.24, 2.45) is 5.92 Å². The van der Waals surface area contributed by atoms with Crippen molar-refractivity contribution in [1.82, 2.24) is 25.7 Å². The van der Waals surface area contributed by atoms with Gasteiger partial charge in [0, 0.05) is 18.3 Å². The zero-order valence-electron chi connectivity index (χ0n) is 15.9. The summed E-state index contributed by atoms with van der Waals surface area (Å²) in [5.74, 6) is -0.455. The molecule has 0 bridgehead atoms. The van der Waals surface area contributed by atoms with E-state index in [0.717, 1.165) is 30.7 Å². The number of unbranched alkanes of at least 4 members (excludes halogenated alkanes) is 2. The standard InChI is InChI=1S/C19H26N6O3/c1-2-3-4-7-15(13-25(28)14-26)19(27)24-23-18-10-9-17(21-22-18)12-16-8-5-6-11-20-16/h5-6,8-11,14-15,28H,2-4,7,12-13H2,1H3,(H,22,23)(H,24,27)/t15-/m0/s1. The lowest BCUT2D eigenvalue weighted by molar-refractivity contribution is -0.154. The van der Waals surface area contributed by atoms with Gasteiger partial charge in [0.15, 0.2) is 5.82 Å². The topological polar surface area (TPSA) is 120 Å². The van der Waals surface area contributed by atoms with Crippen molar-refractivity contribution in [3.8, 4) is 0 Å². The summed E-state index contributed by atoms with van der Waals surface area (Å²) in [6, 6.07) is 9.19. The van der Waals surface area contributed by atoms with E-state index >= 15 is 0 Å². The molecule has 2 heterocycles. The van der Waals surface area contributed by atoms with Crippen LogP contribution >= 0.6 is 0 Å². The van der Waals surface area contributed by atoms with Crippen LogP contribution in [0.2, 0.25) is 0 Å². The van der Waals surface area contributed by atoms with Gasteiger partial charge in [-0.2, -0.15) is 5.10 Å². The highest BCUT2D eigenvalue weighted by atomic mass is 16.5. The highest BCUT2D eigenvalue weighted by Gasteiger charge is 2.20. The van der Waals surface area contributed by atoms with Crippen LogP contribution in [0.15, 0.2) is 36.5 Å². The first-order chi connectivity index (χ1) is 13.6. The van der Waals surface area contributed by atoms with Crippen LogP contribution < -0.4 is 10.9 Å². The van der Waals surface area contributed by atoms with Crippen LogP contribution in [-0.4, -0.2) is 44.3 Å². The van der Waals surface area contributed by atoms with E-state index in [9.17, 15) is 14.8 Å².